The first-order valence-corrected chi connectivity index (χ1v) is 6.45. The summed E-state index contributed by atoms with van der Waals surface area (Å²) >= 11 is 0. The topological polar surface area (TPSA) is 74.1 Å². The molecule has 0 aromatic heterocycles. The van der Waals surface area contributed by atoms with Crippen LogP contribution >= 0.6 is 0 Å². The van der Waals surface area contributed by atoms with Crippen LogP contribution in [0.1, 0.15) is 5.56 Å². The van der Waals surface area contributed by atoms with Crippen molar-refractivity contribution in [3.63, 3.8) is 0 Å². The van der Waals surface area contributed by atoms with Crippen LogP contribution in [0.25, 0.3) is 0 Å². The molecule has 2 aromatic rings. The molecule has 2 aromatic carbocycles. The number of rotatable bonds is 5. The van der Waals surface area contributed by atoms with Gasteiger partial charge in [0.1, 0.15) is 5.75 Å². The van der Waals surface area contributed by atoms with Gasteiger partial charge in [-0.25, -0.2) is 0 Å². The van der Waals surface area contributed by atoms with Gasteiger partial charge in [-0.1, -0.05) is 24.3 Å². The molecule has 0 radical (unpaired) electrons. The van der Waals surface area contributed by atoms with Gasteiger partial charge in [0.15, 0.2) is 0 Å². The minimum Gasteiger partial charge on any atom is -0.423 e. The van der Waals surface area contributed by atoms with Crippen LogP contribution in [0.3, 0.4) is 0 Å². The van der Waals surface area contributed by atoms with Gasteiger partial charge in [0.25, 0.3) is 0 Å². The Hall–Kier alpha value is -2.52. The van der Waals surface area contributed by atoms with E-state index in [9.17, 15) is 13.2 Å². The molecule has 120 valence electrons. The maximum absolute atomic E-state index is 12.4. The minimum atomic E-state index is -4.87. The van der Waals surface area contributed by atoms with E-state index in [4.69, 9.17) is 10.0 Å². The second-order valence-electron chi connectivity index (χ2n) is 4.45. The summed E-state index contributed by atoms with van der Waals surface area (Å²) in [7, 11) is -1.82. The number of hydrogen-bond acceptors (Lipinski definition) is 5. The van der Waals surface area contributed by atoms with Gasteiger partial charge >= 0.3 is 13.5 Å². The molecule has 2 rings (SSSR count). The highest BCUT2D eigenvalue weighted by atomic mass is 19.4. The molecule has 0 spiro atoms. The molecule has 0 atom stereocenters. The van der Waals surface area contributed by atoms with E-state index in [1.54, 1.807) is 30.3 Å². The molecule has 0 fully saturated rings. The Morgan fingerprint density at radius 3 is 2.39 bits per heavy atom. The van der Waals surface area contributed by atoms with E-state index in [1.165, 1.54) is 0 Å². The maximum atomic E-state index is 12.4. The van der Waals surface area contributed by atoms with Gasteiger partial charge in [0.2, 0.25) is 0 Å². The van der Waals surface area contributed by atoms with Crippen molar-refractivity contribution < 1.29 is 28.0 Å². The van der Waals surface area contributed by atoms with Crippen molar-refractivity contribution in [1.82, 2.24) is 0 Å². The number of alkyl halides is 3. The first kappa shape index (κ1) is 16.8. The SMILES string of the molecule is OB(O)c1ccc(OC(F)(F)F)c(C=NNc2ccccc2)c1. The Labute approximate surface area is 130 Å². The summed E-state index contributed by atoms with van der Waals surface area (Å²) in [6, 6.07) is 12.0. The van der Waals surface area contributed by atoms with E-state index >= 15 is 0 Å². The highest BCUT2D eigenvalue weighted by molar-refractivity contribution is 6.58. The van der Waals surface area contributed by atoms with E-state index in [0.717, 1.165) is 24.4 Å². The molecule has 23 heavy (non-hydrogen) atoms. The zero-order valence-electron chi connectivity index (χ0n) is 11.7. The van der Waals surface area contributed by atoms with Crippen molar-refractivity contribution in [2.75, 3.05) is 5.43 Å². The monoisotopic (exact) mass is 324 g/mol. The van der Waals surface area contributed by atoms with Crippen LogP contribution < -0.4 is 15.6 Å². The number of hydrogen-bond donors (Lipinski definition) is 3. The maximum Gasteiger partial charge on any atom is 0.573 e. The lowest BCUT2D eigenvalue weighted by Gasteiger charge is -2.12. The van der Waals surface area contributed by atoms with Crippen molar-refractivity contribution in [2.45, 2.75) is 6.36 Å². The number of hydrazone groups is 1. The van der Waals surface area contributed by atoms with Crippen molar-refractivity contribution >= 4 is 24.5 Å². The van der Waals surface area contributed by atoms with Gasteiger partial charge in [0, 0.05) is 5.56 Å². The molecule has 0 saturated carbocycles. The Balaban J connectivity index is 2.24. The average Bonchev–Trinajstić information content (AvgIpc) is 2.48. The number of nitrogens with zero attached hydrogens (tertiary/aromatic N) is 1. The summed E-state index contributed by atoms with van der Waals surface area (Å²) in [4.78, 5) is 0. The van der Waals surface area contributed by atoms with Gasteiger partial charge in [-0.15, -0.1) is 13.2 Å². The molecule has 0 saturated heterocycles. The second kappa shape index (κ2) is 7.16. The van der Waals surface area contributed by atoms with Gasteiger partial charge < -0.3 is 14.8 Å². The molecular weight excluding hydrogens is 312 g/mol. The zero-order chi connectivity index (χ0) is 16.9. The van der Waals surface area contributed by atoms with Gasteiger partial charge in [-0.3, -0.25) is 5.43 Å². The average molecular weight is 324 g/mol. The molecule has 0 heterocycles. The predicted octanol–water partition coefficient (Wildman–Crippen LogP) is 1.71. The largest absolute Gasteiger partial charge is 0.573 e. The molecule has 0 aliphatic carbocycles. The fraction of sp³-hybridized carbons (Fsp3) is 0.0714. The summed E-state index contributed by atoms with van der Waals surface area (Å²) < 4.78 is 41.0. The van der Waals surface area contributed by atoms with Gasteiger partial charge in [-0.2, -0.15) is 5.10 Å². The molecule has 9 heteroatoms. The summed E-state index contributed by atoms with van der Waals surface area (Å²) in [5, 5.41) is 22.0. The van der Waals surface area contributed by atoms with E-state index in [0.29, 0.717) is 5.69 Å². The number of halogens is 3. The lowest BCUT2D eigenvalue weighted by atomic mass is 9.79. The summed E-state index contributed by atoms with van der Waals surface area (Å²) in [5.74, 6) is -0.500. The fourth-order valence-corrected chi connectivity index (χ4v) is 1.74. The molecule has 5 nitrogen and oxygen atoms in total. The molecule has 0 aliphatic rings. The predicted molar refractivity (Wildman–Crippen MR) is 80.6 cm³/mol. The lowest BCUT2D eigenvalue weighted by Crippen LogP contribution is -2.30. The third kappa shape index (κ3) is 5.31. The third-order valence-electron chi connectivity index (χ3n) is 2.73. The van der Waals surface area contributed by atoms with Gasteiger partial charge in [0.05, 0.1) is 11.9 Å². The van der Waals surface area contributed by atoms with Crippen molar-refractivity contribution in [1.29, 1.82) is 0 Å². The van der Waals surface area contributed by atoms with Gasteiger partial charge in [-0.05, 0) is 29.7 Å². The zero-order valence-corrected chi connectivity index (χ0v) is 11.7. The first-order valence-electron chi connectivity index (χ1n) is 6.45. The molecular formula is C14H12BF3N2O3. The van der Waals surface area contributed by atoms with Crippen molar-refractivity contribution in [3.8, 4) is 5.75 Å². The smallest absolute Gasteiger partial charge is 0.423 e. The van der Waals surface area contributed by atoms with Crippen molar-refractivity contribution in [2.24, 2.45) is 5.10 Å². The van der Waals surface area contributed by atoms with E-state index in [-0.39, 0.29) is 11.0 Å². The van der Waals surface area contributed by atoms with Crippen LogP contribution in [-0.4, -0.2) is 29.7 Å². The summed E-state index contributed by atoms with van der Waals surface area (Å²) in [5.41, 5.74) is 3.23. The molecule has 0 amide bonds. The minimum absolute atomic E-state index is 0.0145. The third-order valence-corrected chi connectivity index (χ3v) is 2.73. The Morgan fingerprint density at radius 2 is 1.78 bits per heavy atom. The summed E-state index contributed by atoms with van der Waals surface area (Å²) in [6.07, 6.45) is -3.77. The molecule has 3 N–H and O–H groups in total. The number of ether oxygens (including phenoxy) is 1. The van der Waals surface area contributed by atoms with E-state index < -0.39 is 19.2 Å². The lowest BCUT2D eigenvalue weighted by molar-refractivity contribution is -0.274. The Kier molecular flexibility index (Phi) is 5.25. The highest BCUT2D eigenvalue weighted by Crippen LogP contribution is 2.24. The fourth-order valence-electron chi connectivity index (χ4n) is 1.74. The van der Waals surface area contributed by atoms with E-state index in [1.807, 2.05) is 0 Å². The first-order chi connectivity index (χ1) is 10.8. The second-order valence-corrected chi connectivity index (χ2v) is 4.45. The number of anilines is 1. The Morgan fingerprint density at radius 1 is 1.09 bits per heavy atom. The number of nitrogens with one attached hydrogen (secondary N) is 1. The molecule has 0 aliphatic heterocycles. The van der Waals surface area contributed by atoms with Crippen LogP contribution in [0.5, 0.6) is 5.75 Å². The Bertz CT molecular complexity index is 679. The number of para-hydroxylation sites is 1. The molecule has 0 unspecified atom stereocenters. The van der Waals surface area contributed by atoms with Crippen LogP contribution in [-0.2, 0) is 0 Å². The van der Waals surface area contributed by atoms with Crippen LogP contribution in [0.2, 0.25) is 0 Å². The van der Waals surface area contributed by atoms with E-state index in [2.05, 4.69) is 15.3 Å². The summed E-state index contributed by atoms with van der Waals surface area (Å²) in [6.45, 7) is 0. The standard InChI is InChI=1S/C14H12BF3N2O3/c16-14(17,18)23-13-7-6-11(15(21)22)8-10(13)9-19-20-12-4-2-1-3-5-12/h1-9,20-22H. The quantitative estimate of drug-likeness (QED) is 0.445. The van der Waals surface area contributed by atoms with Crippen LogP contribution in [0.15, 0.2) is 53.6 Å². The normalized spacial score (nSPS) is 11.5. The number of benzene rings is 2. The van der Waals surface area contributed by atoms with Crippen molar-refractivity contribution in [3.05, 3.63) is 54.1 Å². The molecule has 0 bridgehead atoms. The highest BCUT2D eigenvalue weighted by Gasteiger charge is 2.32. The van der Waals surface area contributed by atoms with Crippen LogP contribution in [0.4, 0.5) is 18.9 Å². The van der Waals surface area contributed by atoms with Crippen LogP contribution in [0, 0.1) is 0 Å².